The number of rotatable bonds is 8. The summed E-state index contributed by atoms with van der Waals surface area (Å²) >= 11 is 0. The van der Waals surface area contributed by atoms with Gasteiger partial charge in [-0.05, 0) is 42.2 Å². The average molecular weight is 275 g/mol. The number of nitrogens with one attached hydrogen (secondary N) is 2. The SMILES string of the molecule is CC(C)C(CNc1cnccc1CNC1CC1)C(C)C. The van der Waals surface area contributed by atoms with Gasteiger partial charge in [-0.25, -0.2) is 0 Å². The molecule has 3 nitrogen and oxygen atoms in total. The highest BCUT2D eigenvalue weighted by Gasteiger charge is 2.21. The molecule has 1 aromatic heterocycles. The summed E-state index contributed by atoms with van der Waals surface area (Å²) < 4.78 is 0. The van der Waals surface area contributed by atoms with Crippen LogP contribution < -0.4 is 10.6 Å². The molecule has 0 saturated heterocycles. The fourth-order valence-corrected chi connectivity index (χ4v) is 2.75. The van der Waals surface area contributed by atoms with Crippen LogP contribution in [0.3, 0.4) is 0 Å². The van der Waals surface area contributed by atoms with Crippen molar-refractivity contribution >= 4 is 5.69 Å². The van der Waals surface area contributed by atoms with E-state index in [0.717, 1.165) is 19.1 Å². The lowest BCUT2D eigenvalue weighted by molar-refractivity contribution is 0.304. The molecule has 0 aromatic carbocycles. The first-order chi connectivity index (χ1) is 9.58. The van der Waals surface area contributed by atoms with Crippen molar-refractivity contribution in [2.45, 2.75) is 53.1 Å². The van der Waals surface area contributed by atoms with Crippen molar-refractivity contribution in [1.29, 1.82) is 0 Å². The van der Waals surface area contributed by atoms with Crippen LogP contribution in [0, 0.1) is 17.8 Å². The van der Waals surface area contributed by atoms with Crippen molar-refractivity contribution in [1.82, 2.24) is 10.3 Å². The lowest BCUT2D eigenvalue weighted by Crippen LogP contribution is -2.25. The highest BCUT2D eigenvalue weighted by atomic mass is 15.0. The second-order valence-electron chi connectivity index (χ2n) is 6.72. The predicted molar refractivity (Wildman–Crippen MR) is 85.8 cm³/mol. The minimum absolute atomic E-state index is 0.694. The first kappa shape index (κ1) is 15.3. The topological polar surface area (TPSA) is 37.0 Å². The third-order valence-electron chi connectivity index (χ3n) is 4.31. The lowest BCUT2D eigenvalue weighted by Gasteiger charge is -2.26. The van der Waals surface area contributed by atoms with E-state index in [-0.39, 0.29) is 0 Å². The van der Waals surface area contributed by atoms with Crippen molar-refractivity contribution in [2.75, 3.05) is 11.9 Å². The summed E-state index contributed by atoms with van der Waals surface area (Å²) in [5.41, 5.74) is 2.52. The molecule has 1 fully saturated rings. The fraction of sp³-hybridized carbons (Fsp3) is 0.706. The van der Waals surface area contributed by atoms with E-state index in [1.165, 1.54) is 24.1 Å². The van der Waals surface area contributed by atoms with Crippen LogP contribution in [0.25, 0.3) is 0 Å². The van der Waals surface area contributed by atoms with Gasteiger partial charge < -0.3 is 10.6 Å². The Morgan fingerprint density at radius 1 is 1.20 bits per heavy atom. The van der Waals surface area contributed by atoms with Crippen LogP contribution in [0.2, 0.25) is 0 Å². The van der Waals surface area contributed by atoms with Gasteiger partial charge in [0.2, 0.25) is 0 Å². The highest BCUT2D eigenvalue weighted by Crippen LogP contribution is 2.23. The Kier molecular flexibility index (Phi) is 5.41. The molecule has 20 heavy (non-hydrogen) atoms. The zero-order valence-electron chi connectivity index (χ0n) is 13.3. The molecule has 1 aromatic rings. The number of hydrogen-bond acceptors (Lipinski definition) is 3. The van der Waals surface area contributed by atoms with Crippen molar-refractivity contribution in [3.63, 3.8) is 0 Å². The molecular formula is C17H29N3. The summed E-state index contributed by atoms with van der Waals surface area (Å²) in [6.07, 6.45) is 6.51. The van der Waals surface area contributed by atoms with Crippen molar-refractivity contribution < 1.29 is 0 Å². The standard InChI is InChI=1S/C17H29N3/c1-12(2)16(13(3)4)10-20-17-11-18-8-7-14(17)9-19-15-5-6-15/h7-8,11-13,15-16,19-20H,5-6,9-10H2,1-4H3. The Hall–Kier alpha value is -1.09. The molecule has 112 valence electrons. The molecule has 0 unspecified atom stereocenters. The van der Waals surface area contributed by atoms with Gasteiger partial charge in [0.1, 0.15) is 0 Å². The smallest absolute Gasteiger partial charge is 0.0572 e. The van der Waals surface area contributed by atoms with Crippen molar-refractivity contribution in [3.8, 4) is 0 Å². The predicted octanol–water partition coefficient (Wildman–Crippen LogP) is 3.67. The quantitative estimate of drug-likeness (QED) is 0.760. The molecule has 3 heteroatoms. The summed E-state index contributed by atoms with van der Waals surface area (Å²) in [6.45, 7) is 11.2. The molecule has 1 saturated carbocycles. The second kappa shape index (κ2) is 7.07. The Bertz CT molecular complexity index is 402. The molecule has 0 bridgehead atoms. The molecular weight excluding hydrogens is 246 g/mol. The lowest BCUT2D eigenvalue weighted by atomic mass is 9.85. The van der Waals surface area contributed by atoms with Crippen LogP contribution in [0.1, 0.15) is 46.1 Å². The number of anilines is 1. The molecule has 2 N–H and O–H groups in total. The Morgan fingerprint density at radius 2 is 1.90 bits per heavy atom. The van der Waals surface area contributed by atoms with Gasteiger partial charge in [-0.15, -0.1) is 0 Å². The van der Waals surface area contributed by atoms with Crippen molar-refractivity contribution in [2.24, 2.45) is 17.8 Å². The van der Waals surface area contributed by atoms with Gasteiger partial charge >= 0.3 is 0 Å². The van der Waals surface area contributed by atoms with Crippen LogP contribution in [0.4, 0.5) is 5.69 Å². The largest absolute Gasteiger partial charge is 0.383 e. The third kappa shape index (κ3) is 4.48. The van der Waals surface area contributed by atoms with E-state index in [4.69, 9.17) is 0 Å². The van der Waals surface area contributed by atoms with E-state index in [1.54, 1.807) is 0 Å². The van der Waals surface area contributed by atoms with Crippen LogP contribution in [-0.2, 0) is 6.54 Å². The summed E-state index contributed by atoms with van der Waals surface area (Å²) in [6, 6.07) is 2.87. The van der Waals surface area contributed by atoms with Gasteiger partial charge in [0.05, 0.1) is 11.9 Å². The maximum absolute atomic E-state index is 4.27. The Labute approximate surface area is 123 Å². The molecule has 0 spiro atoms. The van der Waals surface area contributed by atoms with Gasteiger partial charge in [-0.1, -0.05) is 27.7 Å². The zero-order valence-corrected chi connectivity index (χ0v) is 13.3. The average Bonchev–Trinajstić information content (AvgIpc) is 3.21. The van der Waals surface area contributed by atoms with Gasteiger partial charge in [0.25, 0.3) is 0 Å². The number of nitrogens with zero attached hydrogens (tertiary/aromatic N) is 1. The highest BCUT2D eigenvalue weighted by molar-refractivity contribution is 5.48. The molecule has 0 aliphatic heterocycles. The molecule has 1 aliphatic carbocycles. The molecule has 2 rings (SSSR count). The first-order valence-electron chi connectivity index (χ1n) is 7.98. The first-order valence-corrected chi connectivity index (χ1v) is 7.98. The van der Waals surface area contributed by atoms with Gasteiger partial charge in [-0.3, -0.25) is 4.98 Å². The third-order valence-corrected chi connectivity index (χ3v) is 4.31. The monoisotopic (exact) mass is 275 g/mol. The summed E-state index contributed by atoms with van der Waals surface area (Å²) in [4.78, 5) is 4.27. The fourth-order valence-electron chi connectivity index (χ4n) is 2.75. The van der Waals surface area contributed by atoms with Crippen LogP contribution in [0.5, 0.6) is 0 Å². The van der Waals surface area contributed by atoms with E-state index >= 15 is 0 Å². The van der Waals surface area contributed by atoms with E-state index < -0.39 is 0 Å². The summed E-state index contributed by atoms with van der Waals surface area (Å²) in [7, 11) is 0. The number of hydrogen-bond donors (Lipinski definition) is 2. The second-order valence-corrected chi connectivity index (χ2v) is 6.72. The molecule has 1 aliphatic rings. The summed E-state index contributed by atoms with van der Waals surface area (Å²) in [5.74, 6) is 2.10. The normalized spacial score (nSPS) is 15.3. The zero-order chi connectivity index (χ0) is 14.5. The van der Waals surface area contributed by atoms with E-state index in [9.17, 15) is 0 Å². The molecule has 0 amide bonds. The number of pyridine rings is 1. The minimum atomic E-state index is 0.694. The van der Waals surface area contributed by atoms with E-state index in [2.05, 4.69) is 49.4 Å². The van der Waals surface area contributed by atoms with Gasteiger partial charge in [0, 0.05) is 25.3 Å². The maximum atomic E-state index is 4.27. The minimum Gasteiger partial charge on any atom is -0.383 e. The molecule has 0 radical (unpaired) electrons. The van der Waals surface area contributed by atoms with Gasteiger partial charge in [0.15, 0.2) is 0 Å². The van der Waals surface area contributed by atoms with Crippen LogP contribution in [-0.4, -0.2) is 17.6 Å². The Morgan fingerprint density at radius 3 is 2.50 bits per heavy atom. The Balaban J connectivity index is 1.93. The molecule has 1 heterocycles. The number of aromatic nitrogens is 1. The van der Waals surface area contributed by atoms with Gasteiger partial charge in [-0.2, -0.15) is 0 Å². The maximum Gasteiger partial charge on any atom is 0.0572 e. The summed E-state index contributed by atoms with van der Waals surface area (Å²) in [5, 5.41) is 7.20. The van der Waals surface area contributed by atoms with E-state index in [0.29, 0.717) is 17.8 Å². The van der Waals surface area contributed by atoms with Crippen LogP contribution in [0.15, 0.2) is 18.5 Å². The van der Waals surface area contributed by atoms with Crippen molar-refractivity contribution in [3.05, 3.63) is 24.0 Å². The van der Waals surface area contributed by atoms with E-state index in [1.807, 2.05) is 12.4 Å². The molecule has 0 atom stereocenters. The van der Waals surface area contributed by atoms with Crippen LogP contribution >= 0.6 is 0 Å².